The lowest BCUT2D eigenvalue weighted by atomic mass is 9.87. The minimum absolute atomic E-state index is 0.0951. The molecule has 1 aromatic rings. The van der Waals surface area contributed by atoms with Crippen LogP contribution in [0, 0.1) is 5.41 Å². The van der Waals surface area contributed by atoms with E-state index in [4.69, 9.17) is 4.74 Å². The number of hydrogen-bond acceptors (Lipinski definition) is 5. The van der Waals surface area contributed by atoms with Gasteiger partial charge in [0.05, 0.1) is 18.1 Å². The van der Waals surface area contributed by atoms with Crippen molar-refractivity contribution in [3.05, 3.63) is 22.4 Å². The lowest BCUT2D eigenvalue weighted by molar-refractivity contribution is -0.133. The van der Waals surface area contributed by atoms with Crippen molar-refractivity contribution in [2.45, 2.75) is 12.5 Å². The second-order valence-corrected chi connectivity index (χ2v) is 6.82. The van der Waals surface area contributed by atoms with Crippen LogP contribution in [-0.4, -0.2) is 58.3 Å². The number of rotatable bonds is 7. The molecule has 5 nitrogen and oxygen atoms in total. The van der Waals surface area contributed by atoms with Crippen molar-refractivity contribution in [1.29, 1.82) is 0 Å². The highest BCUT2D eigenvalue weighted by Gasteiger charge is 2.41. The molecule has 21 heavy (non-hydrogen) atoms. The molecule has 6 heteroatoms. The molecule has 118 valence electrons. The molecule has 1 aliphatic rings. The molecule has 0 aromatic carbocycles. The van der Waals surface area contributed by atoms with E-state index in [-0.39, 0.29) is 11.9 Å². The first-order chi connectivity index (χ1) is 10.1. The highest BCUT2D eigenvalue weighted by Crippen LogP contribution is 2.27. The summed E-state index contributed by atoms with van der Waals surface area (Å²) in [4.78, 5) is 16.0. The van der Waals surface area contributed by atoms with Crippen LogP contribution >= 0.6 is 11.3 Å². The number of hydrogen-bond donors (Lipinski definition) is 2. The van der Waals surface area contributed by atoms with Crippen LogP contribution in [0.4, 0.5) is 0 Å². The third-order valence-electron chi connectivity index (χ3n) is 4.10. The first-order valence-corrected chi connectivity index (χ1v) is 8.15. The zero-order chi connectivity index (χ0) is 15.3. The first-order valence-electron chi connectivity index (χ1n) is 7.27. The topological polar surface area (TPSA) is 53.6 Å². The number of likely N-dealkylation sites (N-methyl/N-ethyl adjacent to an activating group) is 1. The van der Waals surface area contributed by atoms with Crippen molar-refractivity contribution in [1.82, 2.24) is 15.5 Å². The lowest BCUT2D eigenvalue weighted by Crippen LogP contribution is -2.47. The van der Waals surface area contributed by atoms with Crippen LogP contribution in [0.3, 0.4) is 0 Å². The predicted molar refractivity (Wildman–Crippen MR) is 85.6 cm³/mol. The number of ether oxygens (including phenoxy) is 1. The van der Waals surface area contributed by atoms with Crippen molar-refractivity contribution in [2.75, 3.05) is 47.4 Å². The molecular weight excluding hydrogens is 286 g/mol. The molecule has 2 heterocycles. The molecule has 1 fully saturated rings. The molecule has 0 aliphatic carbocycles. The van der Waals surface area contributed by atoms with Gasteiger partial charge in [0, 0.05) is 25.1 Å². The summed E-state index contributed by atoms with van der Waals surface area (Å²) >= 11 is 1.72. The summed E-state index contributed by atoms with van der Waals surface area (Å²) in [5.41, 5.74) is -0.416. The van der Waals surface area contributed by atoms with Crippen LogP contribution in [0.1, 0.15) is 17.3 Å². The minimum atomic E-state index is -0.416. The van der Waals surface area contributed by atoms with Gasteiger partial charge in [-0.3, -0.25) is 4.79 Å². The highest BCUT2D eigenvalue weighted by atomic mass is 32.1. The Balaban J connectivity index is 1.98. The lowest BCUT2D eigenvalue weighted by Gasteiger charge is -2.29. The van der Waals surface area contributed by atoms with Gasteiger partial charge in [0.2, 0.25) is 5.91 Å². The molecule has 0 saturated carbocycles. The van der Waals surface area contributed by atoms with E-state index < -0.39 is 5.41 Å². The van der Waals surface area contributed by atoms with E-state index >= 15 is 0 Å². The SMILES string of the molecule is COCC1(C(=O)NCC(c2cccs2)N(C)C)CCNC1. The molecule has 0 radical (unpaired) electrons. The molecule has 1 amide bonds. The summed E-state index contributed by atoms with van der Waals surface area (Å²) < 4.78 is 5.27. The first kappa shape index (κ1) is 16.4. The number of amides is 1. The monoisotopic (exact) mass is 311 g/mol. The van der Waals surface area contributed by atoms with E-state index in [9.17, 15) is 4.79 Å². The maximum atomic E-state index is 12.6. The van der Waals surface area contributed by atoms with E-state index in [1.807, 2.05) is 20.2 Å². The van der Waals surface area contributed by atoms with Gasteiger partial charge in [-0.05, 0) is 38.5 Å². The zero-order valence-corrected chi connectivity index (χ0v) is 13.8. The van der Waals surface area contributed by atoms with Gasteiger partial charge in [-0.25, -0.2) is 0 Å². The van der Waals surface area contributed by atoms with Crippen molar-refractivity contribution in [3.8, 4) is 0 Å². The fraction of sp³-hybridized carbons (Fsp3) is 0.667. The van der Waals surface area contributed by atoms with E-state index in [1.165, 1.54) is 4.88 Å². The Kier molecular flexibility index (Phi) is 5.75. The van der Waals surface area contributed by atoms with Gasteiger partial charge >= 0.3 is 0 Å². The molecule has 2 unspecified atom stereocenters. The molecule has 2 atom stereocenters. The molecule has 1 aliphatic heterocycles. The number of thiophene rings is 1. The quantitative estimate of drug-likeness (QED) is 0.791. The molecule has 2 N–H and O–H groups in total. The van der Waals surface area contributed by atoms with Gasteiger partial charge in [-0.1, -0.05) is 6.07 Å². The second kappa shape index (κ2) is 7.35. The Bertz CT molecular complexity index is 442. The Morgan fingerprint density at radius 2 is 2.43 bits per heavy atom. The van der Waals surface area contributed by atoms with E-state index in [2.05, 4.69) is 27.0 Å². The van der Waals surface area contributed by atoms with Gasteiger partial charge in [0.1, 0.15) is 0 Å². The van der Waals surface area contributed by atoms with E-state index in [0.29, 0.717) is 19.7 Å². The van der Waals surface area contributed by atoms with Crippen molar-refractivity contribution >= 4 is 17.2 Å². The Labute approximate surface area is 130 Å². The maximum absolute atomic E-state index is 12.6. The summed E-state index contributed by atoms with van der Waals surface area (Å²) in [6.07, 6.45) is 0.832. The largest absolute Gasteiger partial charge is 0.384 e. The third kappa shape index (κ3) is 3.83. The number of carbonyl (C=O) groups excluding carboxylic acids is 1. The zero-order valence-electron chi connectivity index (χ0n) is 13.0. The van der Waals surface area contributed by atoms with E-state index in [0.717, 1.165) is 13.0 Å². The molecule has 0 spiro atoms. The van der Waals surface area contributed by atoms with Crippen molar-refractivity contribution < 1.29 is 9.53 Å². The minimum Gasteiger partial charge on any atom is -0.384 e. The maximum Gasteiger partial charge on any atom is 0.229 e. The summed E-state index contributed by atoms with van der Waals surface area (Å²) in [7, 11) is 5.73. The van der Waals surface area contributed by atoms with Crippen LogP contribution in [0.5, 0.6) is 0 Å². The number of carbonyl (C=O) groups is 1. The molecule has 1 aromatic heterocycles. The van der Waals surface area contributed by atoms with Crippen molar-refractivity contribution in [2.24, 2.45) is 5.41 Å². The van der Waals surface area contributed by atoms with Crippen molar-refractivity contribution in [3.63, 3.8) is 0 Å². The van der Waals surface area contributed by atoms with Gasteiger partial charge in [-0.15, -0.1) is 11.3 Å². The van der Waals surface area contributed by atoms with Gasteiger partial charge in [0.15, 0.2) is 0 Å². The fourth-order valence-electron chi connectivity index (χ4n) is 2.80. The predicted octanol–water partition coefficient (Wildman–Crippen LogP) is 1.09. The van der Waals surface area contributed by atoms with Gasteiger partial charge < -0.3 is 20.3 Å². The molecule has 0 bridgehead atoms. The average Bonchev–Trinajstić information content (AvgIpc) is 3.10. The Morgan fingerprint density at radius 1 is 1.62 bits per heavy atom. The normalized spacial score (nSPS) is 23.4. The summed E-state index contributed by atoms with van der Waals surface area (Å²) in [6, 6.07) is 4.37. The summed E-state index contributed by atoms with van der Waals surface area (Å²) in [5.74, 6) is 0.0951. The smallest absolute Gasteiger partial charge is 0.229 e. The molecule has 2 rings (SSSR count). The van der Waals surface area contributed by atoms with Gasteiger partial charge in [0.25, 0.3) is 0 Å². The standard InChI is InChI=1S/C15H25N3O2S/c1-18(2)12(13-5-4-8-21-13)9-17-14(19)15(11-20-3)6-7-16-10-15/h4-5,8,12,16H,6-7,9-11H2,1-3H3,(H,17,19). The second-order valence-electron chi connectivity index (χ2n) is 5.84. The molecular formula is C15H25N3O2S. The number of methoxy groups -OCH3 is 1. The van der Waals surface area contributed by atoms with Crippen LogP contribution in [0.15, 0.2) is 17.5 Å². The van der Waals surface area contributed by atoms with E-state index in [1.54, 1.807) is 18.4 Å². The average molecular weight is 311 g/mol. The number of nitrogens with zero attached hydrogens (tertiary/aromatic N) is 1. The van der Waals surface area contributed by atoms with Crippen LogP contribution in [-0.2, 0) is 9.53 Å². The summed E-state index contributed by atoms with van der Waals surface area (Å²) in [6.45, 7) is 2.66. The van der Waals surface area contributed by atoms with Crippen LogP contribution < -0.4 is 10.6 Å². The Hall–Kier alpha value is -0.950. The Morgan fingerprint density at radius 3 is 2.95 bits per heavy atom. The van der Waals surface area contributed by atoms with Crippen LogP contribution in [0.25, 0.3) is 0 Å². The summed E-state index contributed by atoms with van der Waals surface area (Å²) in [5, 5.41) is 8.46. The fourth-order valence-corrected chi connectivity index (χ4v) is 3.72. The van der Waals surface area contributed by atoms with Crippen LogP contribution in [0.2, 0.25) is 0 Å². The third-order valence-corrected chi connectivity index (χ3v) is 5.07. The highest BCUT2D eigenvalue weighted by molar-refractivity contribution is 7.10. The van der Waals surface area contributed by atoms with Gasteiger partial charge in [-0.2, -0.15) is 0 Å². The molecule has 1 saturated heterocycles. The number of nitrogens with one attached hydrogen (secondary N) is 2.